The van der Waals surface area contributed by atoms with Gasteiger partial charge in [-0.3, -0.25) is 14.4 Å². The van der Waals surface area contributed by atoms with Gasteiger partial charge in [-0.05, 0) is 41.7 Å². The summed E-state index contributed by atoms with van der Waals surface area (Å²) in [5.41, 5.74) is 4.93. The summed E-state index contributed by atoms with van der Waals surface area (Å²) in [6.07, 6.45) is 2.17. The molecule has 8 heteroatoms. The Morgan fingerprint density at radius 3 is 2.28 bits per heavy atom. The van der Waals surface area contributed by atoms with Gasteiger partial charge in [0.05, 0.1) is 12.5 Å². The van der Waals surface area contributed by atoms with Crippen molar-refractivity contribution in [2.45, 2.75) is 32.4 Å². The number of hydrogen-bond donors (Lipinski definition) is 3. The van der Waals surface area contributed by atoms with Crippen molar-refractivity contribution in [1.82, 2.24) is 15.5 Å². The minimum absolute atomic E-state index is 0.359. The van der Waals surface area contributed by atoms with Crippen molar-refractivity contribution in [3.63, 3.8) is 0 Å². The first kappa shape index (κ1) is 22.7. The minimum atomic E-state index is -1.35. The van der Waals surface area contributed by atoms with E-state index in [9.17, 15) is 24.3 Å². The number of carboxylic acid groups (broad SMARTS) is 1. The standard InChI is InChI=1S/C24H25N3O5/c1-14-5-4-6-15(2)21(14)17-9-7-16(8-10-17)18(13-20(29)30)25-24(32)26-22-19(28)11-12-27(3)23(22)31/h4-12,18,22H,13H2,1-3H3,(H,29,30)(H2,25,26,32). The van der Waals surface area contributed by atoms with Crippen LogP contribution in [0.15, 0.2) is 54.7 Å². The summed E-state index contributed by atoms with van der Waals surface area (Å²) in [4.78, 5) is 49.2. The first-order chi connectivity index (χ1) is 15.2. The number of carbonyl (C=O) groups excluding carboxylic acids is 3. The van der Waals surface area contributed by atoms with E-state index in [2.05, 4.69) is 10.6 Å². The number of nitrogens with one attached hydrogen (secondary N) is 2. The van der Waals surface area contributed by atoms with Crippen molar-refractivity contribution < 1.29 is 24.3 Å². The largest absolute Gasteiger partial charge is 0.481 e. The van der Waals surface area contributed by atoms with Crippen LogP contribution < -0.4 is 10.6 Å². The van der Waals surface area contributed by atoms with Gasteiger partial charge in [-0.25, -0.2) is 4.79 Å². The van der Waals surface area contributed by atoms with Crippen LogP contribution in [0.3, 0.4) is 0 Å². The van der Waals surface area contributed by atoms with E-state index in [4.69, 9.17) is 0 Å². The number of aryl methyl sites for hydroxylation is 2. The third-order valence-corrected chi connectivity index (χ3v) is 5.38. The van der Waals surface area contributed by atoms with Crippen LogP contribution in [0.1, 0.15) is 29.2 Å². The van der Waals surface area contributed by atoms with Crippen LogP contribution in [0.25, 0.3) is 11.1 Å². The lowest BCUT2D eigenvalue weighted by atomic mass is 9.94. The molecule has 2 atom stereocenters. The van der Waals surface area contributed by atoms with Gasteiger partial charge < -0.3 is 20.6 Å². The van der Waals surface area contributed by atoms with Crippen LogP contribution in [0.2, 0.25) is 0 Å². The first-order valence-corrected chi connectivity index (χ1v) is 10.1. The molecular weight excluding hydrogens is 410 g/mol. The van der Waals surface area contributed by atoms with E-state index >= 15 is 0 Å². The Morgan fingerprint density at radius 2 is 1.69 bits per heavy atom. The third kappa shape index (κ3) is 5.03. The molecule has 0 bridgehead atoms. The quantitative estimate of drug-likeness (QED) is 0.604. The Morgan fingerprint density at radius 1 is 1.06 bits per heavy atom. The molecule has 0 aromatic heterocycles. The average Bonchev–Trinajstić information content (AvgIpc) is 2.73. The Labute approximate surface area is 185 Å². The van der Waals surface area contributed by atoms with Crippen molar-refractivity contribution in [3.05, 3.63) is 71.4 Å². The predicted octanol–water partition coefficient (Wildman–Crippen LogP) is 2.71. The Balaban J connectivity index is 1.78. The SMILES string of the molecule is Cc1cccc(C)c1-c1ccc(C(CC(=O)O)NC(=O)NC2C(=O)C=CN(C)C2=O)cc1. The van der Waals surface area contributed by atoms with Crippen molar-refractivity contribution >= 4 is 23.7 Å². The maximum Gasteiger partial charge on any atom is 0.316 e. The molecule has 166 valence electrons. The second kappa shape index (κ2) is 9.47. The zero-order valence-electron chi connectivity index (χ0n) is 18.1. The van der Waals surface area contributed by atoms with Crippen molar-refractivity contribution in [3.8, 4) is 11.1 Å². The summed E-state index contributed by atoms with van der Waals surface area (Å²) in [5, 5.41) is 14.2. The third-order valence-electron chi connectivity index (χ3n) is 5.38. The van der Waals surface area contributed by atoms with Gasteiger partial charge in [0.15, 0.2) is 11.8 Å². The van der Waals surface area contributed by atoms with Crippen LogP contribution in [0.4, 0.5) is 4.79 Å². The molecule has 3 rings (SSSR count). The molecule has 8 nitrogen and oxygen atoms in total. The number of carboxylic acids is 1. The topological polar surface area (TPSA) is 116 Å². The highest BCUT2D eigenvalue weighted by Gasteiger charge is 2.32. The number of likely N-dealkylation sites (N-methyl/N-ethyl adjacent to an activating group) is 1. The van der Waals surface area contributed by atoms with E-state index in [1.54, 1.807) is 12.1 Å². The highest BCUT2D eigenvalue weighted by Crippen LogP contribution is 2.28. The number of aliphatic carboxylic acids is 1. The summed E-state index contributed by atoms with van der Waals surface area (Å²) in [5.74, 6) is -2.21. The molecule has 32 heavy (non-hydrogen) atoms. The van der Waals surface area contributed by atoms with Gasteiger partial charge in [0.25, 0.3) is 5.91 Å². The molecule has 3 N–H and O–H groups in total. The first-order valence-electron chi connectivity index (χ1n) is 10.1. The second-order valence-electron chi connectivity index (χ2n) is 7.76. The molecule has 2 aromatic carbocycles. The van der Waals surface area contributed by atoms with Crippen LogP contribution in [0, 0.1) is 13.8 Å². The number of nitrogens with zero attached hydrogens (tertiary/aromatic N) is 1. The Hall–Kier alpha value is -3.94. The van der Waals surface area contributed by atoms with Crippen LogP contribution in [-0.2, 0) is 14.4 Å². The lowest BCUT2D eigenvalue weighted by Gasteiger charge is -2.25. The monoisotopic (exact) mass is 435 g/mol. The molecule has 0 spiro atoms. The van der Waals surface area contributed by atoms with E-state index in [0.29, 0.717) is 5.56 Å². The summed E-state index contributed by atoms with van der Waals surface area (Å²) in [7, 11) is 1.48. The maximum atomic E-state index is 12.5. The van der Waals surface area contributed by atoms with E-state index in [1.165, 1.54) is 24.2 Å². The zero-order chi connectivity index (χ0) is 23.4. The fourth-order valence-electron chi connectivity index (χ4n) is 3.72. The lowest BCUT2D eigenvalue weighted by molar-refractivity contribution is -0.138. The number of urea groups is 1. The van der Waals surface area contributed by atoms with Gasteiger partial charge in [-0.1, -0.05) is 42.5 Å². The average molecular weight is 435 g/mol. The van der Waals surface area contributed by atoms with E-state index in [-0.39, 0.29) is 6.42 Å². The number of hydrogen-bond acceptors (Lipinski definition) is 4. The van der Waals surface area contributed by atoms with Gasteiger partial charge in [-0.2, -0.15) is 0 Å². The van der Waals surface area contributed by atoms with Crippen LogP contribution in [0.5, 0.6) is 0 Å². The predicted molar refractivity (Wildman–Crippen MR) is 119 cm³/mol. The number of rotatable bonds is 6. The number of amides is 3. The van der Waals surface area contributed by atoms with Crippen molar-refractivity contribution in [1.29, 1.82) is 0 Å². The molecule has 1 heterocycles. The number of benzene rings is 2. The molecule has 0 radical (unpaired) electrons. The number of carbonyl (C=O) groups is 4. The van der Waals surface area contributed by atoms with Crippen molar-refractivity contribution in [2.24, 2.45) is 0 Å². The smallest absolute Gasteiger partial charge is 0.316 e. The molecule has 0 saturated carbocycles. The Bertz CT molecular complexity index is 1070. The maximum absolute atomic E-state index is 12.5. The fraction of sp³-hybridized carbons (Fsp3) is 0.250. The molecule has 3 amide bonds. The van der Waals surface area contributed by atoms with Crippen molar-refractivity contribution in [2.75, 3.05) is 7.05 Å². The van der Waals surface area contributed by atoms with E-state index < -0.39 is 35.8 Å². The zero-order valence-corrected chi connectivity index (χ0v) is 18.1. The highest BCUT2D eigenvalue weighted by molar-refractivity contribution is 6.14. The summed E-state index contributed by atoms with van der Waals surface area (Å²) in [6, 6.07) is 10.3. The lowest BCUT2D eigenvalue weighted by Crippen LogP contribution is -2.55. The van der Waals surface area contributed by atoms with Gasteiger partial charge in [-0.15, -0.1) is 0 Å². The second-order valence-corrected chi connectivity index (χ2v) is 7.76. The highest BCUT2D eigenvalue weighted by atomic mass is 16.4. The van der Waals surface area contributed by atoms with E-state index in [1.807, 2.05) is 44.2 Å². The van der Waals surface area contributed by atoms with Crippen LogP contribution >= 0.6 is 0 Å². The molecule has 1 aliphatic heterocycles. The van der Waals surface area contributed by atoms with Gasteiger partial charge in [0, 0.05) is 19.3 Å². The van der Waals surface area contributed by atoms with Gasteiger partial charge in [0.2, 0.25) is 0 Å². The van der Waals surface area contributed by atoms with Gasteiger partial charge in [0.1, 0.15) is 0 Å². The molecule has 1 aliphatic rings. The normalized spacial score (nSPS) is 16.6. The fourth-order valence-corrected chi connectivity index (χ4v) is 3.72. The summed E-state index contributed by atoms with van der Waals surface area (Å²) < 4.78 is 0. The van der Waals surface area contributed by atoms with Gasteiger partial charge >= 0.3 is 12.0 Å². The molecule has 2 unspecified atom stereocenters. The van der Waals surface area contributed by atoms with E-state index in [0.717, 1.165) is 22.3 Å². The molecule has 0 fully saturated rings. The molecule has 0 saturated heterocycles. The van der Waals surface area contributed by atoms with Crippen LogP contribution in [-0.4, -0.2) is 46.8 Å². The minimum Gasteiger partial charge on any atom is -0.481 e. The molecular formula is C24H25N3O5. The molecule has 0 aliphatic carbocycles. The summed E-state index contributed by atoms with van der Waals surface area (Å²) in [6.45, 7) is 4.05. The molecule has 2 aromatic rings. The summed E-state index contributed by atoms with van der Waals surface area (Å²) >= 11 is 0. The Kier molecular flexibility index (Phi) is 6.73. The number of ketones is 1.